The van der Waals surface area contributed by atoms with Gasteiger partial charge in [-0.3, -0.25) is 37.3 Å². The summed E-state index contributed by atoms with van der Waals surface area (Å²) >= 11 is 0. The molecule has 0 saturated heterocycles. The molecule has 19 heteroatoms. The maximum atomic E-state index is 13.0. The van der Waals surface area contributed by atoms with E-state index in [2.05, 4.69) is 41.5 Å². The number of aliphatic hydroxyl groups is 1. The molecule has 0 aliphatic heterocycles. The molecule has 0 aliphatic carbocycles. The Labute approximate surface area is 556 Å². The van der Waals surface area contributed by atoms with Gasteiger partial charge in [0.1, 0.15) is 19.3 Å². The van der Waals surface area contributed by atoms with Crippen LogP contribution in [0.2, 0.25) is 0 Å². The highest BCUT2D eigenvalue weighted by Crippen LogP contribution is 2.45. The predicted molar refractivity (Wildman–Crippen MR) is 368 cm³/mol. The zero-order valence-corrected chi connectivity index (χ0v) is 60.9. The van der Waals surface area contributed by atoms with Crippen molar-refractivity contribution < 1.29 is 80.2 Å². The van der Waals surface area contributed by atoms with Crippen molar-refractivity contribution in [1.29, 1.82) is 0 Å². The number of hydrogen-bond acceptors (Lipinski definition) is 15. The maximum absolute atomic E-state index is 13.0. The summed E-state index contributed by atoms with van der Waals surface area (Å²) in [5.74, 6) is -0.480. The van der Waals surface area contributed by atoms with Crippen molar-refractivity contribution in [3.63, 3.8) is 0 Å². The molecule has 0 aromatic heterocycles. The van der Waals surface area contributed by atoms with E-state index < -0.39 is 97.5 Å². The van der Waals surface area contributed by atoms with Gasteiger partial charge in [0.15, 0.2) is 12.2 Å². The van der Waals surface area contributed by atoms with Crippen LogP contribution >= 0.6 is 15.6 Å². The minimum atomic E-state index is -4.95. The fraction of sp³-hybridized carbons (Fsp3) is 0.944. The highest BCUT2D eigenvalue weighted by Gasteiger charge is 2.30. The summed E-state index contributed by atoms with van der Waals surface area (Å²) in [5.41, 5.74) is 0. The van der Waals surface area contributed by atoms with Gasteiger partial charge >= 0.3 is 39.5 Å². The standard InChI is InChI=1S/C72H140O17P2/c1-7-10-12-14-15-16-32-38-44-50-56-71(76)88-67(60-82-69(74)54-48-40-13-11-8-2)62-86-90(78,79)84-58-66(73)59-85-91(80,81)87-63-68(89-72(77)57-51-45-39-34-29-25-19-17-18-22-26-30-35-41-46-52-64(4)5)61-83-70(75)55-49-43-37-33-28-24-21-20-23-27-31-36-42-47-53-65(6)9-3/h64-68,73H,7-63H2,1-6H3,(H,78,79)(H,80,81)/t65?,66-,67+,68+/m0/s1. The molecule has 0 rings (SSSR count). The van der Waals surface area contributed by atoms with E-state index in [4.69, 9.17) is 37.0 Å². The number of unbranched alkanes of at least 4 members (excludes halogenated alkanes) is 40. The van der Waals surface area contributed by atoms with Crippen molar-refractivity contribution in [2.75, 3.05) is 39.6 Å². The third kappa shape index (κ3) is 65.1. The Bertz CT molecular complexity index is 1770. The Balaban J connectivity index is 5.14. The van der Waals surface area contributed by atoms with Gasteiger partial charge < -0.3 is 33.8 Å². The Morgan fingerprint density at radius 2 is 0.560 bits per heavy atom. The first-order valence-electron chi connectivity index (χ1n) is 37.5. The summed E-state index contributed by atoms with van der Waals surface area (Å²) in [7, 11) is -9.89. The molecule has 3 unspecified atom stereocenters. The predicted octanol–water partition coefficient (Wildman–Crippen LogP) is 20.8. The van der Waals surface area contributed by atoms with E-state index >= 15 is 0 Å². The lowest BCUT2D eigenvalue weighted by molar-refractivity contribution is -0.161. The fourth-order valence-electron chi connectivity index (χ4n) is 10.9. The number of rotatable bonds is 71. The second-order valence-electron chi connectivity index (χ2n) is 26.7. The number of aliphatic hydroxyl groups excluding tert-OH is 1. The summed E-state index contributed by atoms with van der Waals surface area (Å²) < 4.78 is 68.1. The number of carbonyl (C=O) groups is 4. The van der Waals surface area contributed by atoms with Crippen LogP contribution in [0, 0.1) is 11.8 Å². The van der Waals surface area contributed by atoms with Gasteiger partial charge in [-0.25, -0.2) is 9.13 Å². The van der Waals surface area contributed by atoms with Gasteiger partial charge in [-0.2, -0.15) is 0 Å². The molecular weight excluding hydrogens is 1200 g/mol. The smallest absolute Gasteiger partial charge is 0.462 e. The van der Waals surface area contributed by atoms with Gasteiger partial charge in [0.2, 0.25) is 0 Å². The Morgan fingerprint density at radius 3 is 0.835 bits per heavy atom. The zero-order chi connectivity index (χ0) is 67.2. The first-order chi connectivity index (χ1) is 43.9. The third-order valence-corrected chi connectivity index (χ3v) is 19.0. The number of esters is 4. The van der Waals surface area contributed by atoms with Crippen molar-refractivity contribution in [2.45, 2.75) is 387 Å². The second kappa shape index (κ2) is 64.1. The first-order valence-corrected chi connectivity index (χ1v) is 40.5. The Morgan fingerprint density at radius 1 is 0.319 bits per heavy atom. The van der Waals surface area contributed by atoms with Crippen LogP contribution in [0.4, 0.5) is 0 Å². The molecule has 0 radical (unpaired) electrons. The first kappa shape index (κ1) is 89.1. The van der Waals surface area contributed by atoms with Crippen LogP contribution in [0.15, 0.2) is 0 Å². The molecular formula is C72H140O17P2. The zero-order valence-electron chi connectivity index (χ0n) is 59.1. The molecule has 17 nitrogen and oxygen atoms in total. The molecule has 0 amide bonds. The fourth-order valence-corrected chi connectivity index (χ4v) is 12.5. The monoisotopic (exact) mass is 1340 g/mol. The van der Waals surface area contributed by atoms with E-state index in [0.29, 0.717) is 25.7 Å². The van der Waals surface area contributed by atoms with E-state index in [9.17, 15) is 43.2 Å². The molecule has 0 bridgehead atoms. The number of carbonyl (C=O) groups excluding carboxylic acids is 4. The molecule has 0 saturated carbocycles. The quantitative estimate of drug-likeness (QED) is 0.0222. The molecule has 0 spiro atoms. The van der Waals surface area contributed by atoms with Crippen LogP contribution in [0.25, 0.3) is 0 Å². The highest BCUT2D eigenvalue weighted by molar-refractivity contribution is 7.47. The number of hydrogen-bond donors (Lipinski definition) is 3. The minimum absolute atomic E-state index is 0.105. The normalized spacial score (nSPS) is 14.4. The van der Waals surface area contributed by atoms with E-state index in [1.807, 2.05) is 0 Å². The van der Waals surface area contributed by atoms with E-state index in [1.54, 1.807) is 0 Å². The van der Waals surface area contributed by atoms with Crippen LogP contribution < -0.4 is 0 Å². The molecule has 0 heterocycles. The number of phosphoric ester groups is 2. The van der Waals surface area contributed by atoms with Crippen LogP contribution in [0.5, 0.6) is 0 Å². The summed E-state index contributed by atoms with van der Waals surface area (Å²) in [6.45, 7) is 9.55. The molecule has 0 aromatic carbocycles. The highest BCUT2D eigenvalue weighted by atomic mass is 31.2. The lowest BCUT2D eigenvalue weighted by atomic mass is 9.99. The molecule has 0 fully saturated rings. The Kier molecular flexibility index (Phi) is 62.7. The summed E-state index contributed by atoms with van der Waals surface area (Å²) in [4.78, 5) is 72.3. The number of ether oxygens (including phenoxy) is 4. The van der Waals surface area contributed by atoms with E-state index in [-0.39, 0.29) is 25.7 Å². The molecule has 6 atom stereocenters. The largest absolute Gasteiger partial charge is 0.472 e. The van der Waals surface area contributed by atoms with Crippen molar-refractivity contribution >= 4 is 39.5 Å². The molecule has 91 heavy (non-hydrogen) atoms. The van der Waals surface area contributed by atoms with Crippen molar-refractivity contribution in [2.24, 2.45) is 11.8 Å². The summed E-state index contributed by atoms with van der Waals surface area (Å²) in [6.07, 6.45) is 50.3. The van der Waals surface area contributed by atoms with Crippen LogP contribution in [-0.4, -0.2) is 96.7 Å². The van der Waals surface area contributed by atoms with Crippen LogP contribution in [0.3, 0.4) is 0 Å². The lowest BCUT2D eigenvalue weighted by Gasteiger charge is -2.21. The SMILES string of the molecule is CCCCCCCCCCCCC(=O)O[C@H](COC(=O)CCCCCCC)COP(=O)(O)OC[C@H](O)COP(=O)(O)OC[C@@H](COC(=O)CCCCCCCCCCCCCCCCC(C)CC)OC(=O)CCCCCCCCCCCCCCCCCC(C)C. The number of phosphoric acid groups is 2. The van der Waals surface area contributed by atoms with Crippen LogP contribution in [-0.2, 0) is 65.4 Å². The molecule has 0 aliphatic rings. The van der Waals surface area contributed by atoms with Gasteiger partial charge in [0.05, 0.1) is 26.4 Å². The average Bonchev–Trinajstić information content (AvgIpc) is 3.32. The molecule has 3 N–H and O–H groups in total. The van der Waals surface area contributed by atoms with Gasteiger partial charge in [-0.15, -0.1) is 0 Å². The van der Waals surface area contributed by atoms with Crippen molar-refractivity contribution in [3.05, 3.63) is 0 Å². The molecule has 0 aromatic rings. The maximum Gasteiger partial charge on any atom is 0.472 e. The average molecular weight is 1340 g/mol. The van der Waals surface area contributed by atoms with Gasteiger partial charge in [0, 0.05) is 25.7 Å². The minimum Gasteiger partial charge on any atom is -0.462 e. The summed E-state index contributed by atoms with van der Waals surface area (Å²) in [6, 6.07) is 0. The van der Waals surface area contributed by atoms with Crippen molar-refractivity contribution in [3.8, 4) is 0 Å². The van der Waals surface area contributed by atoms with Crippen LogP contribution in [0.1, 0.15) is 369 Å². The summed E-state index contributed by atoms with van der Waals surface area (Å²) in [5, 5.41) is 10.6. The topological polar surface area (TPSA) is 237 Å². The Hall–Kier alpha value is -1.94. The van der Waals surface area contributed by atoms with E-state index in [0.717, 1.165) is 108 Å². The molecule has 540 valence electrons. The lowest BCUT2D eigenvalue weighted by Crippen LogP contribution is -2.30. The van der Waals surface area contributed by atoms with Gasteiger partial charge in [0.25, 0.3) is 0 Å². The third-order valence-electron chi connectivity index (χ3n) is 17.1. The van der Waals surface area contributed by atoms with Gasteiger partial charge in [-0.05, 0) is 37.5 Å². The van der Waals surface area contributed by atoms with Crippen molar-refractivity contribution in [1.82, 2.24) is 0 Å². The van der Waals surface area contributed by atoms with Gasteiger partial charge in [-0.1, -0.05) is 318 Å². The van der Waals surface area contributed by atoms with E-state index in [1.165, 1.54) is 180 Å². The second-order valence-corrected chi connectivity index (χ2v) is 29.6.